The molecule has 3 heterocycles. The second kappa shape index (κ2) is 4.92. The maximum atomic E-state index is 14.3. The van der Waals surface area contributed by atoms with Gasteiger partial charge in [-0.15, -0.1) is 0 Å². The Kier molecular flexibility index (Phi) is 3.09. The molecule has 1 unspecified atom stereocenters. The fraction of sp³-hybridized carbons (Fsp3) is 0.312. The first-order valence-electron chi connectivity index (χ1n) is 7.48. The van der Waals surface area contributed by atoms with Crippen molar-refractivity contribution in [2.24, 2.45) is 0 Å². The van der Waals surface area contributed by atoms with Gasteiger partial charge in [0.2, 0.25) is 0 Å². The number of benzene rings is 1. The van der Waals surface area contributed by atoms with Crippen molar-refractivity contribution >= 4 is 21.4 Å². The van der Waals surface area contributed by atoms with Gasteiger partial charge in [-0.25, -0.2) is 12.8 Å². The molecule has 23 heavy (non-hydrogen) atoms. The number of nitrogens with zero attached hydrogens (tertiary/aromatic N) is 3. The summed E-state index contributed by atoms with van der Waals surface area (Å²) in [4.78, 5) is 6.00. The van der Waals surface area contributed by atoms with E-state index in [9.17, 15) is 12.8 Å². The number of halogens is 1. The van der Waals surface area contributed by atoms with Gasteiger partial charge in [-0.05, 0) is 31.0 Å². The number of hydrogen-bond donors (Lipinski definition) is 0. The summed E-state index contributed by atoms with van der Waals surface area (Å²) in [7, 11) is -3.97. The summed E-state index contributed by atoms with van der Waals surface area (Å²) in [6.45, 7) is 3.02. The Morgan fingerprint density at radius 1 is 1.26 bits per heavy atom. The van der Waals surface area contributed by atoms with Gasteiger partial charge in [0.15, 0.2) is 0 Å². The molecule has 2 aliphatic heterocycles. The van der Waals surface area contributed by atoms with Gasteiger partial charge >= 0.3 is 0 Å². The van der Waals surface area contributed by atoms with E-state index in [1.54, 1.807) is 31.5 Å². The Bertz CT molecular complexity index is 864. The van der Waals surface area contributed by atoms with Crippen molar-refractivity contribution in [2.45, 2.75) is 24.3 Å². The van der Waals surface area contributed by atoms with Crippen molar-refractivity contribution in [3.05, 3.63) is 48.0 Å². The maximum Gasteiger partial charge on any atom is 0.267 e. The van der Waals surface area contributed by atoms with E-state index in [0.29, 0.717) is 17.8 Å². The van der Waals surface area contributed by atoms with Crippen molar-refractivity contribution in [1.29, 1.82) is 0 Å². The Hall–Kier alpha value is -2.15. The molecule has 0 spiro atoms. The van der Waals surface area contributed by atoms with Crippen LogP contribution in [0.1, 0.15) is 12.0 Å². The minimum Gasteiger partial charge on any atom is -0.366 e. The monoisotopic (exact) mass is 333 g/mol. The van der Waals surface area contributed by atoms with Crippen molar-refractivity contribution in [3.63, 3.8) is 0 Å². The quantitative estimate of drug-likeness (QED) is 0.846. The molecule has 120 valence electrons. The Morgan fingerprint density at radius 3 is 2.87 bits per heavy atom. The normalized spacial score (nSPS) is 19.8. The Morgan fingerprint density at radius 2 is 2.09 bits per heavy atom. The lowest BCUT2D eigenvalue weighted by Gasteiger charge is -2.37. The fourth-order valence-electron chi connectivity index (χ4n) is 3.52. The van der Waals surface area contributed by atoms with E-state index in [-0.39, 0.29) is 10.9 Å². The summed E-state index contributed by atoms with van der Waals surface area (Å²) in [5, 5.41) is 0. The molecule has 1 aromatic heterocycles. The Balaban J connectivity index is 1.94. The van der Waals surface area contributed by atoms with Gasteiger partial charge in [0, 0.05) is 19.3 Å². The summed E-state index contributed by atoms with van der Waals surface area (Å²) < 4.78 is 42.1. The van der Waals surface area contributed by atoms with Crippen LogP contribution in [0.15, 0.2) is 41.6 Å². The standard InChI is InChI=1S/C16H16FN3O2S/c1-11-3-2-4-13(17)16(11)23(21,22)20-12-6-8-19(10-12)15-9-18-7-5-14(15)20/h2-5,7,9,12H,6,8,10H2,1H3. The molecule has 2 aromatic rings. The van der Waals surface area contributed by atoms with E-state index >= 15 is 0 Å². The van der Waals surface area contributed by atoms with Crippen LogP contribution < -0.4 is 9.21 Å². The third-order valence-corrected chi connectivity index (χ3v) is 6.58. The van der Waals surface area contributed by atoms with Crippen LogP contribution in [0.2, 0.25) is 0 Å². The highest BCUT2D eigenvalue weighted by Gasteiger charge is 2.43. The number of aryl methyl sites for hydroxylation is 1. The predicted octanol–water partition coefficient (Wildman–Crippen LogP) is 2.32. The van der Waals surface area contributed by atoms with Gasteiger partial charge in [-0.2, -0.15) is 0 Å². The maximum absolute atomic E-state index is 14.3. The molecule has 2 aliphatic rings. The van der Waals surface area contributed by atoms with Crippen molar-refractivity contribution < 1.29 is 12.8 Å². The van der Waals surface area contributed by atoms with Crippen LogP contribution in [-0.2, 0) is 10.0 Å². The molecule has 7 heteroatoms. The summed E-state index contributed by atoms with van der Waals surface area (Å²) in [6, 6.07) is 5.85. The largest absolute Gasteiger partial charge is 0.366 e. The first-order valence-corrected chi connectivity index (χ1v) is 8.92. The first-order chi connectivity index (χ1) is 11.0. The lowest BCUT2D eigenvalue weighted by atomic mass is 10.2. The highest BCUT2D eigenvalue weighted by molar-refractivity contribution is 7.93. The number of hydrogen-bond acceptors (Lipinski definition) is 4. The van der Waals surface area contributed by atoms with Crippen molar-refractivity contribution in [3.8, 4) is 0 Å². The van der Waals surface area contributed by atoms with Gasteiger partial charge in [-0.3, -0.25) is 9.29 Å². The zero-order valence-corrected chi connectivity index (χ0v) is 13.4. The van der Waals surface area contributed by atoms with Gasteiger partial charge in [-0.1, -0.05) is 12.1 Å². The second-order valence-corrected chi connectivity index (χ2v) is 7.69. The second-order valence-electron chi connectivity index (χ2n) is 5.94. The highest BCUT2D eigenvalue weighted by Crippen LogP contribution is 2.42. The topological polar surface area (TPSA) is 53.5 Å². The zero-order valence-electron chi connectivity index (χ0n) is 12.6. The first kappa shape index (κ1) is 14.4. The molecule has 0 aliphatic carbocycles. The smallest absolute Gasteiger partial charge is 0.267 e. The van der Waals surface area contributed by atoms with Crippen LogP contribution in [-0.4, -0.2) is 32.5 Å². The zero-order chi connectivity index (χ0) is 16.2. The van der Waals surface area contributed by atoms with E-state index in [0.717, 1.165) is 18.7 Å². The van der Waals surface area contributed by atoms with E-state index < -0.39 is 15.8 Å². The molecule has 1 fully saturated rings. The molecule has 4 rings (SSSR count). The number of sulfonamides is 1. The molecule has 0 radical (unpaired) electrons. The van der Waals surface area contributed by atoms with Crippen molar-refractivity contribution in [2.75, 3.05) is 22.3 Å². The number of rotatable bonds is 2. The lowest BCUT2D eigenvalue weighted by Crippen LogP contribution is -2.46. The SMILES string of the molecule is Cc1cccc(F)c1S(=O)(=O)N1c2ccncc2N2CCC1C2. The Labute approximate surface area is 134 Å². The number of aromatic nitrogens is 1. The van der Waals surface area contributed by atoms with Crippen LogP contribution in [0.25, 0.3) is 0 Å². The number of pyridine rings is 1. The molecule has 0 N–H and O–H groups in total. The summed E-state index contributed by atoms with van der Waals surface area (Å²) >= 11 is 0. The van der Waals surface area contributed by atoms with E-state index in [4.69, 9.17) is 0 Å². The van der Waals surface area contributed by atoms with Crippen molar-refractivity contribution in [1.82, 2.24) is 4.98 Å². The number of fused-ring (bicyclic) bond motifs is 4. The van der Waals surface area contributed by atoms with Crippen LogP contribution in [0.3, 0.4) is 0 Å². The summed E-state index contributed by atoms with van der Waals surface area (Å²) in [6.07, 6.45) is 3.97. The van der Waals surface area contributed by atoms with Gasteiger partial charge in [0.05, 0.1) is 23.6 Å². The summed E-state index contributed by atoms with van der Waals surface area (Å²) in [5.41, 5.74) is 1.79. The third-order valence-electron chi connectivity index (χ3n) is 4.53. The molecule has 1 atom stereocenters. The molecule has 1 saturated heterocycles. The molecule has 2 bridgehead atoms. The third kappa shape index (κ3) is 2.03. The molecule has 1 aromatic carbocycles. The fourth-order valence-corrected chi connectivity index (χ4v) is 5.49. The molecular formula is C16H16FN3O2S. The average molecular weight is 333 g/mol. The minimum absolute atomic E-state index is 0.172. The average Bonchev–Trinajstić information content (AvgIpc) is 2.91. The number of anilines is 2. The molecular weight excluding hydrogens is 317 g/mol. The molecule has 0 amide bonds. The van der Waals surface area contributed by atoms with Crippen LogP contribution in [0.5, 0.6) is 0 Å². The highest BCUT2D eigenvalue weighted by atomic mass is 32.2. The van der Waals surface area contributed by atoms with Gasteiger partial charge in [0.25, 0.3) is 10.0 Å². The predicted molar refractivity (Wildman–Crippen MR) is 85.7 cm³/mol. The van der Waals surface area contributed by atoms with Crippen LogP contribution in [0.4, 0.5) is 15.8 Å². The van der Waals surface area contributed by atoms with Gasteiger partial charge in [0.1, 0.15) is 10.7 Å². The van der Waals surface area contributed by atoms with E-state index in [2.05, 4.69) is 9.88 Å². The van der Waals surface area contributed by atoms with Crippen LogP contribution in [0, 0.1) is 12.7 Å². The van der Waals surface area contributed by atoms with Gasteiger partial charge < -0.3 is 4.90 Å². The minimum atomic E-state index is -3.97. The molecule has 0 saturated carbocycles. The van der Waals surface area contributed by atoms with E-state index in [1.807, 2.05) is 0 Å². The van der Waals surface area contributed by atoms with Crippen LogP contribution >= 0.6 is 0 Å². The summed E-state index contributed by atoms with van der Waals surface area (Å²) in [5.74, 6) is -0.707. The molecule has 5 nitrogen and oxygen atoms in total. The van der Waals surface area contributed by atoms with E-state index in [1.165, 1.54) is 16.4 Å². The lowest BCUT2D eigenvalue weighted by molar-refractivity contribution is 0.554.